The van der Waals surface area contributed by atoms with Crippen molar-refractivity contribution in [2.24, 2.45) is 0 Å². The van der Waals surface area contributed by atoms with Crippen molar-refractivity contribution in [2.75, 3.05) is 13.2 Å². The van der Waals surface area contributed by atoms with Crippen molar-refractivity contribution in [1.29, 1.82) is 5.26 Å². The van der Waals surface area contributed by atoms with E-state index in [9.17, 15) is 13.2 Å². The summed E-state index contributed by atoms with van der Waals surface area (Å²) in [6.45, 7) is 17.1. The zero-order valence-electron chi connectivity index (χ0n) is 17.7. The lowest BCUT2D eigenvalue weighted by Gasteiger charge is -2.36. The van der Waals surface area contributed by atoms with Gasteiger partial charge in [-0.1, -0.05) is 32.9 Å². The first kappa shape index (κ1) is 24.6. The van der Waals surface area contributed by atoms with E-state index in [4.69, 9.17) is 14.4 Å². The summed E-state index contributed by atoms with van der Waals surface area (Å²) in [7, 11) is -1.63. The van der Waals surface area contributed by atoms with Crippen LogP contribution in [-0.4, -0.2) is 33.3 Å². The van der Waals surface area contributed by atoms with E-state index in [1.54, 1.807) is 0 Å². The summed E-state index contributed by atoms with van der Waals surface area (Å²) in [5.41, 5.74) is -1.42. The third-order valence-corrected chi connectivity index (χ3v) is 9.51. The average Bonchev–Trinajstić information content (AvgIpc) is 2.91. The molecule has 0 aromatic heterocycles. The first-order valence-corrected chi connectivity index (χ1v) is 12.1. The zero-order valence-corrected chi connectivity index (χ0v) is 18.7. The van der Waals surface area contributed by atoms with Gasteiger partial charge in [0.05, 0.1) is 29.9 Å². The molecule has 1 unspecified atom stereocenters. The van der Waals surface area contributed by atoms with Gasteiger partial charge in [-0.25, -0.2) is 0 Å². The van der Waals surface area contributed by atoms with Crippen molar-refractivity contribution >= 4 is 8.32 Å². The van der Waals surface area contributed by atoms with Crippen molar-refractivity contribution < 1.29 is 22.3 Å². The summed E-state index contributed by atoms with van der Waals surface area (Å²) in [4.78, 5) is 0. The molecule has 1 saturated heterocycles. The first-order valence-electron chi connectivity index (χ1n) is 9.22. The number of ether oxygens (including phenoxy) is 1. The number of nitrogens with one attached hydrogen (secondary N) is 1. The van der Waals surface area contributed by atoms with Crippen LogP contribution in [0.5, 0.6) is 0 Å². The minimum Gasteiger partial charge on any atom is -0.414 e. The maximum Gasteiger partial charge on any atom is 0.417 e. The number of hydrogen-bond acceptors (Lipinski definition) is 4. The molecule has 1 atom stereocenters. The molecule has 0 spiro atoms. The van der Waals surface area contributed by atoms with E-state index >= 15 is 0 Å². The van der Waals surface area contributed by atoms with E-state index in [-0.39, 0.29) is 22.4 Å². The fourth-order valence-corrected chi connectivity index (χ4v) is 3.33. The summed E-state index contributed by atoms with van der Waals surface area (Å²) in [5.74, 6) is 0. The highest BCUT2D eigenvalue weighted by atomic mass is 28.4. The molecule has 1 N–H and O–H groups in total. The molecular formula is C20H31F3N2O2Si. The normalized spacial score (nSPS) is 19.5. The minimum atomic E-state index is -4.44. The molecule has 1 aromatic carbocycles. The molecule has 0 saturated carbocycles. The predicted octanol–water partition coefficient (Wildman–Crippen LogP) is 5.31. The van der Waals surface area contributed by atoms with E-state index < -0.39 is 20.1 Å². The van der Waals surface area contributed by atoms with Crippen LogP contribution in [0.25, 0.3) is 0 Å². The summed E-state index contributed by atoms with van der Waals surface area (Å²) < 4.78 is 48.2. The number of nitriles is 1. The van der Waals surface area contributed by atoms with Gasteiger partial charge in [0, 0.05) is 6.54 Å². The molecule has 4 nitrogen and oxygen atoms in total. The molecule has 0 amide bonds. The topological polar surface area (TPSA) is 54.3 Å². The van der Waals surface area contributed by atoms with E-state index in [0.717, 1.165) is 18.7 Å². The maximum atomic E-state index is 12.1. The average molecular weight is 417 g/mol. The van der Waals surface area contributed by atoms with Crippen LogP contribution in [0.1, 0.15) is 45.7 Å². The zero-order chi connectivity index (χ0) is 21.8. The Bertz CT molecular complexity index is 692. The Morgan fingerprint density at radius 2 is 1.82 bits per heavy atom. The maximum absolute atomic E-state index is 12.1. The van der Waals surface area contributed by atoms with Crippen LogP contribution in [0.2, 0.25) is 18.1 Å². The number of hydrogen-bond donors (Lipinski definition) is 1. The standard InChI is InChI=1S/C12H27NO2Si.C8H4F3N/c1-11(2,3)16(6,7)14-9-10-8-13-12(4,5)15-10;9-8(10,11)7-4-2-1-3-6(7)5-12/h10,13H,8-9H2,1-7H3;1-4H. The molecular weight excluding hydrogens is 385 g/mol. The van der Waals surface area contributed by atoms with Crippen molar-refractivity contribution in [3.8, 4) is 6.07 Å². The Hall–Kier alpha value is -1.40. The Labute approximate surface area is 167 Å². The lowest BCUT2D eigenvalue weighted by molar-refractivity contribution is -0.137. The highest BCUT2D eigenvalue weighted by Crippen LogP contribution is 2.37. The van der Waals surface area contributed by atoms with Gasteiger partial charge in [-0.3, -0.25) is 5.32 Å². The molecule has 1 aliphatic rings. The summed E-state index contributed by atoms with van der Waals surface area (Å²) in [6, 6.07) is 6.16. The summed E-state index contributed by atoms with van der Waals surface area (Å²) >= 11 is 0. The molecule has 0 radical (unpaired) electrons. The lowest BCUT2D eigenvalue weighted by atomic mass is 10.1. The van der Waals surface area contributed by atoms with Crippen LogP contribution >= 0.6 is 0 Å². The van der Waals surface area contributed by atoms with E-state index in [1.807, 2.05) is 0 Å². The van der Waals surface area contributed by atoms with Crippen molar-refractivity contribution in [3.63, 3.8) is 0 Å². The van der Waals surface area contributed by atoms with Crippen LogP contribution in [-0.2, 0) is 15.3 Å². The molecule has 8 heteroatoms. The number of nitrogens with zero attached hydrogens (tertiary/aromatic N) is 1. The largest absolute Gasteiger partial charge is 0.417 e. The lowest BCUT2D eigenvalue weighted by Crippen LogP contribution is -2.43. The van der Waals surface area contributed by atoms with E-state index in [2.05, 4.69) is 53.0 Å². The smallest absolute Gasteiger partial charge is 0.414 e. The molecule has 0 bridgehead atoms. The second-order valence-corrected chi connectivity index (χ2v) is 13.7. The van der Waals surface area contributed by atoms with Crippen molar-refractivity contribution in [3.05, 3.63) is 35.4 Å². The Morgan fingerprint density at radius 1 is 1.25 bits per heavy atom. The molecule has 158 valence electrons. The molecule has 1 fully saturated rings. The Balaban J connectivity index is 0.000000292. The number of rotatable bonds is 3. The van der Waals surface area contributed by atoms with Gasteiger partial charge in [-0.05, 0) is 44.1 Å². The van der Waals surface area contributed by atoms with Crippen molar-refractivity contribution in [2.45, 2.75) is 70.8 Å². The minimum absolute atomic E-state index is 0.193. The third-order valence-electron chi connectivity index (χ3n) is 5.01. The van der Waals surface area contributed by atoms with Gasteiger partial charge in [-0.15, -0.1) is 0 Å². The Kier molecular flexibility index (Phi) is 7.87. The van der Waals surface area contributed by atoms with Crippen LogP contribution in [0.4, 0.5) is 13.2 Å². The quantitative estimate of drug-likeness (QED) is 0.679. The van der Waals surface area contributed by atoms with E-state index in [0.29, 0.717) is 6.61 Å². The highest BCUT2D eigenvalue weighted by Gasteiger charge is 2.39. The van der Waals surface area contributed by atoms with Gasteiger partial charge in [-0.2, -0.15) is 18.4 Å². The Morgan fingerprint density at radius 3 is 2.21 bits per heavy atom. The second kappa shape index (κ2) is 8.95. The van der Waals surface area contributed by atoms with Crippen LogP contribution < -0.4 is 5.32 Å². The summed E-state index contributed by atoms with van der Waals surface area (Å²) in [5, 5.41) is 11.9. The molecule has 1 aliphatic heterocycles. The van der Waals surface area contributed by atoms with E-state index in [1.165, 1.54) is 18.2 Å². The first-order chi connectivity index (χ1) is 12.6. The monoisotopic (exact) mass is 416 g/mol. The van der Waals surface area contributed by atoms with Gasteiger partial charge in [0.1, 0.15) is 5.72 Å². The van der Waals surface area contributed by atoms with Gasteiger partial charge in [0.25, 0.3) is 0 Å². The number of halogens is 3. The number of benzene rings is 1. The summed E-state index contributed by atoms with van der Waals surface area (Å²) in [6.07, 6.45) is -4.24. The third kappa shape index (κ3) is 7.21. The highest BCUT2D eigenvalue weighted by molar-refractivity contribution is 6.74. The molecule has 1 aromatic rings. The van der Waals surface area contributed by atoms with Gasteiger partial charge in [0.15, 0.2) is 8.32 Å². The SMILES string of the molecule is CC1(C)NCC(CO[Si](C)(C)C(C)(C)C)O1.N#Cc1ccccc1C(F)(F)F. The van der Waals surface area contributed by atoms with Gasteiger partial charge < -0.3 is 9.16 Å². The molecule has 1 heterocycles. The second-order valence-electron chi connectivity index (χ2n) is 8.86. The molecule has 28 heavy (non-hydrogen) atoms. The van der Waals surface area contributed by atoms with Crippen LogP contribution in [0, 0.1) is 11.3 Å². The van der Waals surface area contributed by atoms with Crippen LogP contribution in [0.3, 0.4) is 0 Å². The fraction of sp³-hybridized carbons (Fsp3) is 0.650. The fourth-order valence-electron chi connectivity index (χ4n) is 2.30. The number of alkyl halides is 3. The molecule has 0 aliphatic carbocycles. The van der Waals surface area contributed by atoms with Crippen molar-refractivity contribution in [1.82, 2.24) is 5.32 Å². The van der Waals surface area contributed by atoms with Crippen LogP contribution in [0.15, 0.2) is 24.3 Å². The van der Waals surface area contributed by atoms with Gasteiger partial charge >= 0.3 is 6.18 Å². The van der Waals surface area contributed by atoms with Gasteiger partial charge in [0.2, 0.25) is 0 Å². The molecule has 2 rings (SSSR count). The predicted molar refractivity (Wildman–Crippen MR) is 106 cm³/mol.